The second kappa shape index (κ2) is 5.67. The van der Waals surface area contributed by atoms with Gasteiger partial charge in [-0.2, -0.15) is 0 Å². The van der Waals surface area contributed by atoms with Crippen LogP contribution in [0.15, 0.2) is 48.8 Å². The van der Waals surface area contributed by atoms with Gasteiger partial charge in [0, 0.05) is 47.7 Å². The SMILES string of the molecule is ClCCNc1ccc2nc3c4c(nccc4c2c1)-c1ncccc1C3. The Balaban J connectivity index is 1.83. The van der Waals surface area contributed by atoms with E-state index in [1.165, 1.54) is 10.9 Å². The van der Waals surface area contributed by atoms with Crippen molar-refractivity contribution in [1.82, 2.24) is 15.0 Å². The van der Waals surface area contributed by atoms with Crippen LogP contribution < -0.4 is 5.32 Å². The topological polar surface area (TPSA) is 50.7 Å². The first-order valence-corrected chi connectivity index (χ1v) is 8.84. The second-order valence-electron chi connectivity index (χ2n) is 6.18. The van der Waals surface area contributed by atoms with Crippen LogP contribution in [0.3, 0.4) is 0 Å². The number of hydrogen-bond donors (Lipinski definition) is 1. The zero-order chi connectivity index (χ0) is 16.8. The molecule has 0 atom stereocenters. The lowest BCUT2D eigenvalue weighted by Gasteiger charge is -2.19. The maximum atomic E-state index is 5.79. The Labute approximate surface area is 149 Å². The number of nitrogens with zero attached hydrogens (tertiary/aromatic N) is 3. The Hall–Kier alpha value is -2.72. The molecular formula is C20H15ClN4. The average Bonchev–Trinajstić information content (AvgIpc) is 2.67. The first-order valence-electron chi connectivity index (χ1n) is 8.30. The molecule has 0 unspecified atom stereocenters. The summed E-state index contributed by atoms with van der Waals surface area (Å²) >= 11 is 5.79. The molecule has 5 heteroatoms. The Kier molecular flexibility index (Phi) is 3.31. The zero-order valence-electron chi connectivity index (χ0n) is 13.5. The number of rotatable bonds is 3. The van der Waals surface area contributed by atoms with Gasteiger partial charge in [0.2, 0.25) is 0 Å². The van der Waals surface area contributed by atoms with E-state index in [4.69, 9.17) is 16.6 Å². The van der Waals surface area contributed by atoms with E-state index in [0.717, 1.165) is 52.0 Å². The molecule has 0 saturated carbocycles. The van der Waals surface area contributed by atoms with Gasteiger partial charge in [-0.05, 0) is 41.3 Å². The van der Waals surface area contributed by atoms with Crippen LogP contribution >= 0.6 is 11.6 Å². The molecule has 0 amide bonds. The van der Waals surface area contributed by atoms with Gasteiger partial charge in [-0.3, -0.25) is 15.0 Å². The second-order valence-corrected chi connectivity index (χ2v) is 6.55. The summed E-state index contributed by atoms with van der Waals surface area (Å²) in [5.41, 5.74) is 6.22. The van der Waals surface area contributed by atoms with E-state index in [9.17, 15) is 0 Å². The highest BCUT2D eigenvalue weighted by Crippen LogP contribution is 2.38. The lowest BCUT2D eigenvalue weighted by Crippen LogP contribution is -2.07. The molecule has 3 heterocycles. The van der Waals surface area contributed by atoms with E-state index in [1.807, 2.05) is 18.5 Å². The number of hydrogen-bond acceptors (Lipinski definition) is 4. The molecular weight excluding hydrogens is 332 g/mol. The molecule has 1 aromatic carbocycles. The molecule has 0 fully saturated rings. The molecule has 0 aliphatic heterocycles. The number of alkyl halides is 1. The van der Waals surface area contributed by atoms with Crippen LogP contribution in [0.25, 0.3) is 33.1 Å². The lowest BCUT2D eigenvalue weighted by atomic mass is 9.91. The summed E-state index contributed by atoms with van der Waals surface area (Å²) in [5, 5.41) is 6.76. The van der Waals surface area contributed by atoms with Gasteiger partial charge in [0.15, 0.2) is 0 Å². The van der Waals surface area contributed by atoms with E-state index in [1.54, 1.807) is 0 Å². The van der Waals surface area contributed by atoms with Crippen LogP contribution in [0.1, 0.15) is 11.3 Å². The minimum absolute atomic E-state index is 0.576. The van der Waals surface area contributed by atoms with E-state index in [2.05, 4.69) is 45.6 Å². The smallest absolute Gasteiger partial charge is 0.0986 e. The molecule has 0 spiro atoms. The molecule has 0 saturated heterocycles. The summed E-state index contributed by atoms with van der Waals surface area (Å²) in [5.74, 6) is 0.576. The number of fused-ring (bicyclic) bond motifs is 4. The predicted octanol–water partition coefficient (Wildman–Crippen LogP) is 4.40. The third kappa shape index (κ3) is 2.25. The third-order valence-electron chi connectivity index (χ3n) is 4.68. The van der Waals surface area contributed by atoms with Gasteiger partial charge in [0.25, 0.3) is 0 Å². The van der Waals surface area contributed by atoms with Crippen molar-refractivity contribution in [2.24, 2.45) is 0 Å². The van der Waals surface area contributed by atoms with Crippen LogP contribution in [0.5, 0.6) is 0 Å². The Bertz CT molecular complexity index is 1120. The fourth-order valence-electron chi connectivity index (χ4n) is 3.61. The fraction of sp³-hybridized carbons (Fsp3) is 0.150. The highest BCUT2D eigenvalue weighted by Gasteiger charge is 2.22. The minimum Gasteiger partial charge on any atom is -0.384 e. The molecule has 3 aromatic heterocycles. The highest BCUT2D eigenvalue weighted by molar-refractivity contribution is 6.18. The molecule has 0 bridgehead atoms. The number of aromatic nitrogens is 3. The van der Waals surface area contributed by atoms with E-state index in [0.29, 0.717) is 5.88 Å². The molecule has 0 radical (unpaired) electrons. The van der Waals surface area contributed by atoms with Gasteiger partial charge in [-0.25, -0.2) is 0 Å². The Morgan fingerprint density at radius 1 is 1.00 bits per heavy atom. The normalized spacial score (nSPS) is 12.4. The molecule has 5 rings (SSSR count). The number of anilines is 1. The molecule has 25 heavy (non-hydrogen) atoms. The fourth-order valence-corrected chi connectivity index (χ4v) is 3.71. The van der Waals surface area contributed by atoms with Crippen molar-refractivity contribution >= 4 is 39.0 Å². The van der Waals surface area contributed by atoms with Crippen molar-refractivity contribution in [1.29, 1.82) is 0 Å². The number of pyridine rings is 3. The Morgan fingerprint density at radius 3 is 2.84 bits per heavy atom. The standard InChI is InChI=1S/C20H15ClN4/c21-6-9-22-13-3-4-16-15(11-13)14-5-8-24-20-18(14)17(25-16)10-12-2-1-7-23-19(12)20/h1-5,7-8,11,22H,6,9-10H2. The quantitative estimate of drug-likeness (QED) is 0.388. The van der Waals surface area contributed by atoms with Crippen molar-refractivity contribution in [2.75, 3.05) is 17.7 Å². The van der Waals surface area contributed by atoms with Crippen molar-refractivity contribution < 1.29 is 0 Å². The predicted molar refractivity (Wildman–Crippen MR) is 102 cm³/mol. The van der Waals surface area contributed by atoms with Crippen LogP contribution in [0.2, 0.25) is 0 Å². The highest BCUT2D eigenvalue weighted by atomic mass is 35.5. The van der Waals surface area contributed by atoms with E-state index < -0.39 is 0 Å². The molecule has 122 valence electrons. The van der Waals surface area contributed by atoms with E-state index >= 15 is 0 Å². The Morgan fingerprint density at radius 2 is 1.92 bits per heavy atom. The largest absolute Gasteiger partial charge is 0.384 e. The van der Waals surface area contributed by atoms with Gasteiger partial charge in [0.05, 0.1) is 22.6 Å². The molecule has 4 nitrogen and oxygen atoms in total. The van der Waals surface area contributed by atoms with E-state index in [-0.39, 0.29) is 0 Å². The first-order chi connectivity index (χ1) is 12.3. The van der Waals surface area contributed by atoms with Gasteiger partial charge >= 0.3 is 0 Å². The number of benzene rings is 1. The lowest BCUT2D eigenvalue weighted by molar-refractivity contribution is 1.07. The van der Waals surface area contributed by atoms with Gasteiger partial charge < -0.3 is 5.32 Å². The van der Waals surface area contributed by atoms with Crippen molar-refractivity contribution in [3.8, 4) is 11.4 Å². The summed E-state index contributed by atoms with van der Waals surface area (Å²) in [6.45, 7) is 0.737. The minimum atomic E-state index is 0.576. The van der Waals surface area contributed by atoms with Crippen molar-refractivity contribution in [2.45, 2.75) is 6.42 Å². The first kappa shape index (κ1) is 14.6. The summed E-state index contributed by atoms with van der Waals surface area (Å²) in [6, 6.07) is 12.4. The summed E-state index contributed by atoms with van der Waals surface area (Å²) in [4.78, 5) is 14.1. The average molecular weight is 347 g/mol. The monoisotopic (exact) mass is 346 g/mol. The zero-order valence-corrected chi connectivity index (χ0v) is 14.2. The molecule has 1 aliphatic rings. The van der Waals surface area contributed by atoms with Crippen molar-refractivity contribution in [3.05, 3.63) is 60.0 Å². The van der Waals surface area contributed by atoms with Gasteiger partial charge in [-0.15, -0.1) is 11.6 Å². The molecule has 1 aliphatic carbocycles. The molecule has 4 aromatic rings. The maximum absolute atomic E-state index is 5.79. The van der Waals surface area contributed by atoms with Crippen molar-refractivity contribution in [3.63, 3.8) is 0 Å². The van der Waals surface area contributed by atoms with Crippen LogP contribution in [0.4, 0.5) is 5.69 Å². The summed E-state index contributed by atoms with van der Waals surface area (Å²) in [7, 11) is 0. The van der Waals surface area contributed by atoms with Crippen LogP contribution in [-0.4, -0.2) is 27.4 Å². The van der Waals surface area contributed by atoms with Gasteiger partial charge in [0.1, 0.15) is 0 Å². The molecule has 1 N–H and O–H groups in total. The number of halogens is 1. The number of nitrogens with one attached hydrogen (secondary N) is 1. The van der Waals surface area contributed by atoms with Crippen LogP contribution in [-0.2, 0) is 6.42 Å². The third-order valence-corrected chi connectivity index (χ3v) is 4.87. The maximum Gasteiger partial charge on any atom is 0.0986 e. The van der Waals surface area contributed by atoms with Crippen LogP contribution in [0, 0.1) is 0 Å². The van der Waals surface area contributed by atoms with Gasteiger partial charge in [-0.1, -0.05) is 6.07 Å². The summed E-state index contributed by atoms with van der Waals surface area (Å²) in [6.07, 6.45) is 4.48. The summed E-state index contributed by atoms with van der Waals surface area (Å²) < 4.78 is 0.